The fraction of sp³-hybridized carbons (Fsp3) is 0.533. The molecule has 1 amide bonds. The summed E-state index contributed by atoms with van der Waals surface area (Å²) in [5, 5.41) is 3.08. The lowest BCUT2D eigenvalue weighted by Crippen LogP contribution is -2.49. The highest BCUT2D eigenvalue weighted by molar-refractivity contribution is 5.79. The van der Waals surface area contributed by atoms with Crippen LogP contribution < -0.4 is 10.1 Å². The minimum atomic E-state index is 0.0861. The van der Waals surface area contributed by atoms with Gasteiger partial charge in [-0.2, -0.15) is 0 Å². The highest BCUT2D eigenvalue weighted by Gasteiger charge is 2.23. The van der Waals surface area contributed by atoms with Crippen LogP contribution in [0.1, 0.15) is 5.56 Å². The number of carbonyl (C=O) groups is 1. The third kappa shape index (κ3) is 3.95. The van der Waals surface area contributed by atoms with Gasteiger partial charge in [0.15, 0.2) is 0 Å². The van der Waals surface area contributed by atoms with Crippen molar-refractivity contribution in [2.24, 2.45) is 0 Å². The molecule has 1 aliphatic rings. The molecule has 0 aliphatic carbocycles. The number of benzene rings is 1. The second-order valence-corrected chi connectivity index (χ2v) is 4.92. The minimum absolute atomic E-state index is 0.0861. The number of amides is 1. The Morgan fingerprint density at radius 1 is 1.55 bits per heavy atom. The van der Waals surface area contributed by atoms with Gasteiger partial charge in [0.05, 0.1) is 26.2 Å². The van der Waals surface area contributed by atoms with E-state index in [1.807, 2.05) is 36.2 Å². The van der Waals surface area contributed by atoms with Crippen molar-refractivity contribution in [2.75, 3.05) is 40.4 Å². The van der Waals surface area contributed by atoms with E-state index in [9.17, 15) is 4.79 Å². The molecular formula is C15H22N2O3. The average molecular weight is 278 g/mol. The number of carbonyl (C=O) groups excluding carboxylic acids is 1. The average Bonchev–Trinajstić information content (AvgIpc) is 2.48. The monoisotopic (exact) mass is 278 g/mol. The number of likely N-dealkylation sites (N-methyl/N-ethyl adjacent to an activating group) is 1. The molecule has 1 heterocycles. The number of rotatable bonds is 5. The SMILES string of the molecule is CNCC1CN(C(=O)Cc2cccc(OC)c2)CCO1. The molecule has 5 nitrogen and oxygen atoms in total. The summed E-state index contributed by atoms with van der Waals surface area (Å²) in [5.74, 6) is 0.924. The van der Waals surface area contributed by atoms with E-state index in [1.165, 1.54) is 0 Å². The minimum Gasteiger partial charge on any atom is -0.497 e. The zero-order chi connectivity index (χ0) is 14.4. The molecule has 1 atom stereocenters. The van der Waals surface area contributed by atoms with Gasteiger partial charge >= 0.3 is 0 Å². The molecule has 1 aromatic carbocycles. The molecule has 0 radical (unpaired) electrons. The quantitative estimate of drug-likeness (QED) is 0.861. The standard InChI is InChI=1S/C15H22N2O3/c1-16-10-14-11-17(6-7-20-14)15(18)9-12-4-3-5-13(8-12)19-2/h3-5,8,14,16H,6-7,9-11H2,1-2H3. The van der Waals surface area contributed by atoms with Crippen molar-refractivity contribution >= 4 is 5.91 Å². The fourth-order valence-corrected chi connectivity index (χ4v) is 2.37. The van der Waals surface area contributed by atoms with Gasteiger partial charge in [-0.05, 0) is 24.7 Å². The van der Waals surface area contributed by atoms with Crippen LogP contribution in [0, 0.1) is 0 Å². The van der Waals surface area contributed by atoms with E-state index in [4.69, 9.17) is 9.47 Å². The molecule has 0 aromatic heterocycles. The third-order valence-corrected chi connectivity index (χ3v) is 3.41. The van der Waals surface area contributed by atoms with Gasteiger partial charge in [0.1, 0.15) is 5.75 Å². The molecule has 1 aromatic rings. The molecular weight excluding hydrogens is 256 g/mol. The van der Waals surface area contributed by atoms with E-state index < -0.39 is 0 Å². The summed E-state index contributed by atoms with van der Waals surface area (Å²) < 4.78 is 10.8. The van der Waals surface area contributed by atoms with Gasteiger partial charge < -0.3 is 19.7 Å². The molecule has 1 aliphatic heterocycles. The highest BCUT2D eigenvalue weighted by atomic mass is 16.5. The van der Waals surface area contributed by atoms with Crippen molar-refractivity contribution in [3.05, 3.63) is 29.8 Å². The lowest BCUT2D eigenvalue weighted by atomic mass is 10.1. The molecule has 1 unspecified atom stereocenters. The number of morpholine rings is 1. The summed E-state index contributed by atoms with van der Waals surface area (Å²) >= 11 is 0. The van der Waals surface area contributed by atoms with Crippen molar-refractivity contribution in [3.63, 3.8) is 0 Å². The third-order valence-electron chi connectivity index (χ3n) is 3.41. The maximum absolute atomic E-state index is 12.3. The Bertz CT molecular complexity index is 448. The summed E-state index contributed by atoms with van der Waals surface area (Å²) in [7, 11) is 3.52. The summed E-state index contributed by atoms with van der Waals surface area (Å²) in [6.45, 7) is 2.70. The molecule has 1 saturated heterocycles. The van der Waals surface area contributed by atoms with E-state index in [1.54, 1.807) is 7.11 Å². The molecule has 110 valence electrons. The van der Waals surface area contributed by atoms with Crippen LogP contribution in [0.15, 0.2) is 24.3 Å². The van der Waals surface area contributed by atoms with Gasteiger partial charge in [0, 0.05) is 19.6 Å². The summed E-state index contributed by atoms with van der Waals surface area (Å²) in [5.41, 5.74) is 0.978. The van der Waals surface area contributed by atoms with Gasteiger partial charge in [-0.3, -0.25) is 4.79 Å². The first-order chi connectivity index (χ1) is 9.72. The van der Waals surface area contributed by atoms with Crippen molar-refractivity contribution in [1.82, 2.24) is 10.2 Å². The molecule has 5 heteroatoms. The van der Waals surface area contributed by atoms with Crippen LogP contribution in [-0.4, -0.2) is 57.3 Å². The van der Waals surface area contributed by atoms with E-state index in [-0.39, 0.29) is 12.0 Å². The normalized spacial score (nSPS) is 18.9. The number of methoxy groups -OCH3 is 1. The van der Waals surface area contributed by atoms with Crippen molar-refractivity contribution in [3.8, 4) is 5.75 Å². The van der Waals surface area contributed by atoms with Gasteiger partial charge in [-0.25, -0.2) is 0 Å². The number of ether oxygens (including phenoxy) is 2. The first-order valence-electron chi connectivity index (χ1n) is 6.90. The number of nitrogens with zero attached hydrogens (tertiary/aromatic N) is 1. The van der Waals surface area contributed by atoms with E-state index in [0.717, 1.165) is 17.9 Å². The predicted molar refractivity (Wildman–Crippen MR) is 76.9 cm³/mol. The van der Waals surface area contributed by atoms with Gasteiger partial charge in [0.2, 0.25) is 5.91 Å². The second kappa shape index (κ2) is 7.26. The van der Waals surface area contributed by atoms with Crippen molar-refractivity contribution in [2.45, 2.75) is 12.5 Å². The largest absolute Gasteiger partial charge is 0.497 e. The Morgan fingerprint density at radius 3 is 3.15 bits per heavy atom. The maximum atomic E-state index is 12.3. The van der Waals surface area contributed by atoms with Crippen LogP contribution in [0.25, 0.3) is 0 Å². The summed E-state index contributed by atoms with van der Waals surface area (Å²) in [4.78, 5) is 14.2. The van der Waals surface area contributed by atoms with Gasteiger partial charge in [-0.15, -0.1) is 0 Å². The van der Waals surface area contributed by atoms with Crippen molar-refractivity contribution < 1.29 is 14.3 Å². The smallest absolute Gasteiger partial charge is 0.227 e. The fourth-order valence-electron chi connectivity index (χ4n) is 2.37. The number of hydrogen-bond donors (Lipinski definition) is 1. The maximum Gasteiger partial charge on any atom is 0.227 e. The molecule has 20 heavy (non-hydrogen) atoms. The number of nitrogens with one attached hydrogen (secondary N) is 1. The lowest BCUT2D eigenvalue weighted by Gasteiger charge is -2.33. The Balaban J connectivity index is 1.93. The van der Waals surface area contributed by atoms with Gasteiger partial charge in [0.25, 0.3) is 0 Å². The molecule has 1 N–H and O–H groups in total. The topological polar surface area (TPSA) is 50.8 Å². The second-order valence-electron chi connectivity index (χ2n) is 4.92. The Hall–Kier alpha value is -1.59. The molecule has 0 bridgehead atoms. The van der Waals surface area contributed by atoms with Crippen LogP contribution in [-0.2, 0) is 16.0 Å². The lowest BCUT2D eigenvalue weighted by molar-refractivity contribution is -0.137. The van der Waals surface area contributed by atoms with Crippen LogP contribution in [0.2, 0.25) is 0 Å². The Kier molecular flexibility index (Phi) is 5.38. The van der Waals surface area contributed by atoms with E-state index >= 15 is 0 Å². The summed E-state index contributed by atoms with van der Waals surface area (Å²) in [6, 6.07) is 7.64. The Morgan fingerprint density at radius 2 is 2.40 bits per heavy atom. The van der Waals surface area contributed by atoms with Crippen LogP contribution in [0.4, 0.5) is 0 Å². The van der Waals surface area contributed by atoms with Gasteiger partial charge in [-0.1, -0.05) is 12.1 Å². The van der Waals surface area contributed by atoms with Crippen molar-refractivity contribution in [1.29, 1.82) is 0 Å². The molecule has 0 saturated carbocycles. The highest BCUT2D eigenvalue weighted by Crippen LogP contribution is 2.14. The van der Waals surface area contributed by atoms with Crippen LogP contribution in [0.5, 0.6) is 5.75 Å². The predicted octanol–water partition coefficient (Wildman–Crippen LogP) is 0.684. The van der Waals surface area contributed by atoms with Crippen LogP contribution >= 0.6 is 0 Å². The number of hydrogen-bond acceptors (Lipinski definition) is 4. The Labute approximate surface area is 119 Å². The molecule has 0 spiro atoms. The first-order valence-corrected chi connectivity index (χ1v) is 6.90. The molecule has 2 rings (SSSR count). The first kappa shape index (κ1) is 14.8. The van der Waals surface area contributed by atoms with E-state index in [0.29, 0.717) is 26.1 Å². The van der Waals surface area contributed by atoms with E-state index in [2.05, 4.69) is 5.32 Å². The zero-order valence-electron chi connectivity index (χ0n) is 12.1. The van der Waals surface area contributed by atoms with Crippen LogP contribution in [0.3, 0.4) is 0 Å². The summed E-state index contributed by atoms with van der Waals surface area (Å²) in [6.07, 6.45) is 0.492. The zero-order valence-corrected chi connectivity index (χ0v) is 12.1. The molecule has 1 fully saturated rings.